The number of ether oxygens (including phenoxy) is 1. The molecule has 2 unspecified atom stereocenters. The highest BCUT2D eigenvalue weighted by atomic mass is 16.5. The molecule has 136 valence electrons. The maximum absolute atomic E-state index is 10.5. The summed E-state index contributed by atoms with van der Waals surface area (Å²) in [6.07, 6.45) is 7.87. The maximum atomic E-state index is 10.5. The Morgan fingerprint density at radius 1 is 1.04 bits per heavy atom. The summed E-state index contributed by atoms with van der Waals surface area (Å²) in [6, 6.07) is 3.50. The van der Waals surface area contributed by atoms with Crippen molar-refractivity contribution in [2.75, 3.05) is 13.6 Å². The van der Waals surface area contributed by atoms with Crippen molar-refractivity contribution >= 4 is 0 Å². The smallest absolute Gasteiger partial charge is 0.161 e. The van der Waals surface area contributed by atoms with E-state index in [4.69, 9.17) is 4.74 Å². The van der Waals surface area contributed by atoms with E-state index in [1.807, 2.05) is 13.1 Å². The predicted molar refractivity (Wildman–Crippen MR) is 95.6 cm³/mol. The van der Waals surface area contributed by atoms with Crippen molar-refractivity contribution in [3.05, 3.63) is 23.3 Å². The molecule has 1 aromatic carbocycles. The van der Waals surface area contributed by atoms with Crippen molar-refractivity contribution < 1.29 is 14.9 Å². The number of hydrogen-bond acceptors (Lipinski definition) is 4. The Kier molecular flexibility index (Phi) is 3.75. The zero-order chi connectivity index (χ0) is 17.1. The van der Waals surface area contributed by atoms with Gasteiger partial charge in [0, 0.05) is 18.5 Å². The number of fused-ring (bicyclic) bond motifs is 1. The lowest BCUT2D eigenvalue weighted by Gasteiger charge is -2.57. The molecule has 4 heteroatoms. The average Bonchev–Trinajstić information content (AvgIpc) is 2.58. The van der Waals surface area contributed by atoms with Gasteiger partial charge < -0.3 is 20.3 Å². The van der Waals surface area contributed by atoms with Crippen molar-refractivity contribution in [3.63, 3.8) is 0 Å². The van der Waals surface area contributed by atoms with Gasteiger partial charge in [0.15, 0.2) is 11.5 Å². The number of hydrogen-bond donors (Lipinski definition) is 3. The standard InChI is InChI=1S/C21H29NO3/c1-22-10-19-15-2-3-17(23)21(24)16(15)9-18(25-19)20-13-5-11-4-12(7-13)8-14(20)6-11/h2-3,11-14,18-20,22-24H,4-10H2,1H3. The lowest BCUT2D eigenvalue weighted by molar-refractivity contribution is -0.136. The Balaban J connectivity index is 1.48. The minimum absolute atomic E-state index is 0.00677. The molecule has 0 saturated heterocycles. The van der Waals surface area contributed by atoms with Gasteiger partial charge in [0.25, 0.3) is 0 Å². The van der Waals surface area contributed by atoms with Crippen LogP contribution in [-0.4, -0.2) is 29.9 Å². The van der Waals surface area contributed by atoms with Gasteiger partial charge in [-0.05, 0) is 80.4 Å². The fourth-order valence-corrected chi connectivity index (χ4v) is 6.83. The minimum Gasteiger partial charge on any atom is -0.504 e. The summed E-state index contributed by atoms with van der Waals surface area (Å²) in [5, 5.41) is 23.7. The number of phenolic OH excluding ortho intramolecular Hbond substituents is 2. The molecule has 4 bridgehead atoms. The van der Waals surface area contributed by atoms with Crippen molar-refractivity contribution in [2.24, 2.45) is 29.6 Å². The number of nitrogens with one attached hydrogen (secondary N) is 1. The number of benzene rings is 1. The molecule has 3 N–H and O–H groups in total. The summed E-state index contributed by atoms with van der Waals surface area (Å²) >= 11 is 0. The first-order chi connectivity index (χ1) is 12.1. The third-order valence-electron chi connectivity index (χ3n) is 7.51. The van der Waals surface area contributed by atoms with Gasteiger partial charge >= 0.3 is 0 Å². The van der Waals surface area contributed by atoms with Crippen LogP contribution in [0.1, 0.15) is 49.3 Å². The average molecular weight is 343 g/mol. The highest BCUT2D eigenvalue weighted by molar-refractivity contribution is 5.51. The van der Waals surface area contributed by atoms with Gasteiger partial charge in [-0.3, -0.25) is 0 Å². The van der Waals surface area contributed by atoms with Gasteiger partial charge in [0.1, 0.15) is 0 Å². The Morgan fingerprint density at radius 2 is 1.72 bits per heavy atom. The van der Waals surface area contributed by atoms with Crippen LogP contribution in [0, 0.1) is 29.6 Å². The molecule has 4 saturated carbocycles. The monoisotopic (exact) mass is 343 g/mol. The molecule has 0 amide bonds. The molecule has 25 heavy (non-hydrogen) atoms. The molecule has 1 heterocycles. The highest BCUT2D eigenvalue weighted by Gasteiger charge is 2.52. The molecule has 4 aliphatic carbocycles. The Hall–Kier alpha value is -1.26. The number of aromatic hydroxyl groups is 2. The number of rotatable bonds is 3. The second-order valence-corrected chi connectivity index (χ2v) is 8.93. The molecule has 6 rings (SSSR count). The maximum Gasteiger partial charge on any atom is 0.161 e. The van der Waals surface area contributed by atoms with E-state index < -0.39 is 0 Å². The topological polar surface area (TPSA) is 61.7 Å². The molecule has 0 aromatic heterocycles. The summed E-state index contributed by atoms with van der Waals surface area (Å²) in [7, 11) is 1.94. The van der Waals surface area contributed by atoms with Gasteiger partial charge in [0.05, 0.1) is 12.2 Å². The van der Waals surface area contributed by atoms with E-state index in [1.54, 1.807) is 6.07 Å². The number of phenols is 2. The predicted octanol–water partition coefficient (Wildman–Crippen LogP) is 3.37. The Bertz CT molecular complexity index is 645. The fourth-order valence-electron chi connectivity index (χ4n) is 6.83. The van der Waals surface area contributed by atoms with Crippen LogP contribution in [-0.2, 0) is 11.2 Å². The van der Waals surface area contributed by atoms with Crippen LogP contribution in [0.3, 0.4) is 0 Å². The largest absolute Gasteiger partial charge is 0.504 e. The first-order valence-corrected chi connectivity index (χ1v) is 9.97. The number of likely N-dealkylation sites (N-methyl/N-ethyl adjacent to an activating group) is 1. The minimum atomic E-state index is -0.0394. The van der Waals surface area contributed by atoms with E-state index >= 15 is 0 Å². The SMILES string of the molecule is CNCC1OC(C2C3CC4CC(C3)CC2C4)Cc2c1ccc(O)c2O. The van der Waals surface area contributed by atoms with Crippen molar-refractivity contribution in [2.45, 2.75) is 50.7 Å². The van der Waals surface area contributed by atoms with Gasteiger partial charge in [-0.25, -0.2) is 0 Å². The molecule has 5 aliphatic rings. The fraction of sp³-hybridized carbons (Fsp3) is 0.714. The first-order valence-electron chi connectivity index (χ1n) is 9.97. The van der Waals surface area contributed by atoms with Crippen molar-refractivity contribution in [1.29, 1.82) is 0 Å². The zero-order valence-corrected chi connectivity index (χ0v) is 14.9. The van der Waals surface area contributed by atoms with Crippen LogP contribution in [0.2, 0.25) is 0 Å². The van der Waals surface area contributed by atoms with E-state index in [0.29, 0.717) is 5.92 Å². The van der Waals surface area contributed by atoms with Gasteiger partial charge in [0.2, 0.25) is 0 Å². The third kappa shape index (κ3) is 2.48. The third-order valence-corrected chi connectivity index (χ3v) is 7.51. The van der Waals surface area contributed by atoms with E-state index in [1.165, 1.54) is 32.1 Å². The van der Waals surface area contributed by atoms with Crippen LogP contribution in [0.5, 0.6) is 11.5 Å². The van der Waals surface area contributed by atoms with Crippen molar-refractivity contribution in [1.82, 2.24) is 5.32 Å². The van der Waals surface area contributed by atoms with Crippen LogP contribution in [0.15, 0.2) is 12.1 Å². The van der Waals surface area contributed by atoms with Crippen LogP contribution in [0.4, 0.5) is 0 Å². The highest BCUT2D eigenvalue weighted by Crippen LogP contribution is 2.59. The van der Waals surface area contributed by atoms with Gasteiger partial charge in [-0.1, -0.05) is 6.07 Å². The quantitative estimate of drug-likeness (QED) is 0.737. The molecule has 0 radical (unpaired) electrons. The van der Waals surface area contributed by atoms with E-state index in [9.17, 15) is 10.2 Å². The molecule has 1 aliphatic heterocycles. The molecule has 0 spiro atoms. The molecular weight excluding hydrogens is 314 g/mol. The first kappa shape index (κ1) is 16.0. The normalized spacial score (nSPS) is 41.7. The van der Waals surface area contributed by atoms with Crippen LogP contribution in [0.25, 0.3) is 0 Å². The van der Waals surface area contributed by atoms with Gasteiger partial charge in [-0.2, -0.15) is 0 Å². The summed E-state index contributed by atoms with van der Waals surface area (Å²) in [5.74, 6) is 4.21. The van der Waals surface area contributed by atoms with E-state index in [0.717, 1.165) is 47.8 Å². The summed E-state index contributed by atoms with van der Waals surface area (Å²) in [4.78, 5) is 0. The van der Waals surface area contributed by atoms with Gasteiger partial charge in [-0.15, -0.1) is 0 Å². The lowest BCUT2D eigenvalue weighted by Crippen LogP contribution is -2.51. The summed E-state index contributed by atoms with van der Waals surface area (Å²) in [5.41, 5.74) is 1.94. The summed E-state index contributed by atoms with van der Waals surface area (Å²) in [6.45, 7) is 0.737. The molecule has 4 nitrogen and oxygen atoms in total. The molecule has 1 aromatic rings. The molecule has 2 atom stereocenters. The van der Waals surface area contributed by atoms with Crippen molar-refractivity contribution in [3.8, 4) is 11.5 Å². The zero-order valence-electron chi connectivity index (χ0n) is 14.9. The van der Waals surface area contributed by atoms with Crippen LogP contribution >= 0.6 is 0 Å². The second kappa shape index (κ2) is 5.88. The molecular formula is C21H29NO3. The Labute approximate surface area is 149 Å². The van der Waals surface area contributed by atoms with Crippen LogP contribution < -0.4 is 5.32 Å². The lowest BCUT2D eigenvalue weighted by atomic mass is 9.50. The van der Waals surface area contributed by atoms with E-state index in [-0.39, 0.29) is 23.7 Å². The Morgan fingerprint density at radius 3 is 2.36 bits per heavy atom. The second-order valence-electron chi connectivity index (χ2n) is 8.93. The summed E-state index contributed by atoms with van der Waals surface area (Å²) < 4.78 is 6.62. The van der Waals surface area contributed by atoms with E-state index in [2.05, 4.69) is 5.32 Å². The molecule has 4 fully saturated rings.